The van der Waals surface area contributed by atoms with Crippen LogP contribution in [0.3, 0.4) is 0 Å². The number of rotatable bonds is 2. The Kier molecular flexibility index (Phi) is 4.37. The van der Waals surface area contributed by atoms with E-state index in [0.717, 1.165) is 19.3 Å². The molecule has 0 saturated carbocycles. The van der Waals surface area contributed by atoms with Gasteiger partial charge >= 0.3 is 0 Å². The Labute approximate surface area is 128 Å². The van der Waals surface area contributed by atoms with Crippen molar-refractivity contribution >= 4 is 28.9 Å². The first kappa shape index (κ1) is 15.6. The highest BCUT2D eigenvalue weighted by molar-refractivity contribution is 6.34. The van der Waals surface area contributed by atoms with Crippen molar-refractivity contribution in [1.29, 1.82) is 0 Å². The van der Waals surface area contributed by atoms with Crippen LogP contribution in [0.2, 0.25) is 5.02 Å². The molecule has 0 radical (unpaired) electrons. The molecule has 0 aliphatic carbocycles. The van der Waals surface area contributed by atoms with E-state index in [9.17, 15) is 14.9 Å². The van der Waals surface area contributed by atoms with Crippen LogP contribution in [0.5, 0.6) is 0 Å². The first-order valence-electron chi connectivity index (χ1n) is 6.89. The van der Waals surface area contributed by atoms with Crippen molar-refractivity contribution in [3.63, 3.8) is 0 Å². The second-order valence-electron chi connectivity index (χ2n) is 5.49. The fourth-order valence-corrected chi connectivity index (χ4v) is 3.06. The molecule has 1 amide bonds. The lowest BCUT2D eigenvalue weighted by molar-refractivity contribution is -0.383. The molecule has 0 spiro atoms. The van der Waals surface area contributed by atoms with Gasteiger partial charge in [-0.05, 0) is 39.2 Å². The van der Waals surface area contributed by atoms with Gasteiger partial charge in [0.15, 0.2) is 0 Å². The summed E-state index contributed by atoms with van der Waals surface area (Å²) < 4.78 is 0. The summed E-state index contributed by atoms with van der Waals surface area (Å²) in [7, 11) is 0. The standard InChI is InChI=1S/C14H18ClN3O3/c1-8-4-3-5-9(2)17(8)14(19)10-6-11(15)13(16)12(7-10)18(20)21/h6-9H,3-5,16H2,1-2H3. The quantitative estimate of drug-likeness (QED) is 0.516. The highest BCUT2D eigenvalue weighted by atomic mass is 35.5. The van der Waals surface area contributed by atoms with Crippen LogP contribution in [-0.4, -0.2) is 27.8 Å². The molecular formula is C14H18ClN3O3. The number of nitrogens with zero attached hydrogens (tertiary/aromatic N) is 2. The van der Waals surface area contributed by atoms with Crippen molar-refractivity contribution in [3.05, 3.63) is 32.8 Å². The molecule has 1 aromatic rings. The van der Waals surface area contributed by atoms with Crippen molar-refractivity contribution in [3.8, 4) is 0 Å². The number of hydrogen-bond acceptors (Lipinski definition) is 4. The first-order valence-corrected chi connectivity index (χ1v) is 7.26. The maximum atomic E-state index is 12.7. The van der Waals surface area contributed by atoms with Crippen LogP contribution in [0.1, 0.15) is 43.5 Å². The van der Waals surface area contributed by atoms with Crippen molar-refractivity contribution in [2.24, 2.45) is 0 Å². The normalized spacial score (nSPS) is 22.1. The lowest BCUT2D eigenvalue weighted by Crippen LogP contribution is -2.47. The molecule has 114 valence electrons. The number of nitrogen functional groups attached to an aromatic ring is 1. The van der Waals surface area contributed by atoms with E-state index < -0.39 is 4.92 Å². The number of benzene rings is 1. The zero-order chi connectivity index (χ0) is 15.7. The average molecular weight is 312 g/mol. The monoisotopic (exact) mass is 311 g/mol. The number of hydrogen-bond donors (Lipinski definition) is 1. The van der Waals surface area contributed by atoms with Crippen molar-refractivity contribution < 1.29 is 9.72 Å². The third-order valence-electron chi connectivity index (χ3n) is 3.98. The van der Waals surface area contributed by atoms with E-state index >= 15 is 0 Å². The van der Waals surface area contributed by atoms with E-state index in [-0.39, 0.29) is 40.0 Å². The van der Waals surface area contributed by atoms with E-state index in [4.69, 9.17) is 17.3 Å². The van der Waals surface area contributed by atoms with Gasteiger partial charge in [0.05, 0.1) is 9.95 Å². The molecule has 7 heteroatoms. The number of likely N-dealkylation sites (tertiary alicyclic amines) is 1. The summed E-state index contributed by atoms with van der Waals surface area (Å²) >= 11 is 5.92. The molecule has 2 N–H and O–H groups in total. The van der Waals surface area contributed by atoms with Crippen LogP contribution >= 0.6 is 11.6 Å². The maximum absolute atomic E-state index is 12.7. The minimum Gasteiger partial charge on any atom is -0.392 e. The third kappa shape index (κ3) is 2.95. The molecule has 2 unspecified atom stereocenters. The Morgan fingerprint density at radius 3 is 2.48 bits per heavy atom. The summed E-state index contributed by atoms with van der Waals surface area (Å²) in [5.74, 6) is -0.236. The number of nitro groups is 1. The van der Waals surface area contributed by atoms with E-state index in [1.54, 1.807) is 4.90 Å². The van der Waals surface area contributed by atoms with Gasteiger partial charge in [0.2, 0.25) is 0 Å². The lowest BCUT2D eigenvalue weighted by atomic mass is 9.96. The predicted molar refractivity (Wildman–Crippen MR) is 81.5 cm³/mol. The number of carbonyl (C=O) groups is 1. The van der Waals surface area contributed by atoms with E-state index in [0.29, 0.717) is 0 Å². The Hall–Kier alpha value is -1.82. The Balaban J connectivity index is 2.41. The molecule has 1 heterocycles. The van der Waals surface area contributed by atoms with E-state index in [1.807, 2.05) is 13.8 Å². The molecule has 6 nitrogen and oxygen atoms in total. The van der Waals surface area contributed by atoms with Crippen LogP contribution in [0, 0.1) is 10.1 Å². The molecule has 1 fully saturated rings. The molecule has 1 aliphatic rings. The minimum atomic E-state index is -0.624. The lowest BCUT2D eigenvalue weighted by Gasteiger charge is -2.39. The Morgan fingerprint density at radius 1 is 1.38 bits per heavy atom. The largest absolute Gasteiger partial charge is 0.392 e. The van der Waals surface area contributed by atoms with Crippen molar-refractivity contribution in [1.82, 2.24) is 4.90 Å². The van der Waals surface area contributed by atoms with Gasteiger partial charge in [0, 0.05) is 23.7 Å². The molecule has 2 rings (SSSR count). The van der Waals surface area contributed by atoms with Crippen LogP contribution in [0.4, 0.5) is 11.4 Å². The SMILES string of the molecule is CC1CCCC(C)N1C(=O)c1cc(Cl)c(N)c([N+](=O)[O-])c1. The molecule has 1 aromatic carbocycles. The van der Waals surface area contributed by atoms with Crippen LogP contribution in [0.15, 0.2) is 12.1 Å². The number of piperidine rings is 1. The molecule has 21 heavy (non-hydrogen) atoms. The predicted octanol–water partition coefficient (Wildman–Crippen LogP) is 3.23. The zero-order valence-electron chi connectivity index (χ0n) is 12.0. The molecule has 0 bridgehead atoms. The number of carbonyl (C=O) groups excluding carboxylic acids is 1. The first-order chi connectivity index (χ1) is 9.82. The van der Waals surface area contributed by atoms with Gasteiger partial charge in [0.1, 0.15) is 5.69 Å². The second-order valence-corrected chi connectivity index (χ2v) is 5.90. The van der Waals surface area contributed by atoms with E-state index in [2.05, 4.69) is 0 Å². The zero-order valence-corrected chi connectivity index (χ0v) is 12.8. The summed E-state index contributed by atoms with van der Waals surface area (Å²) in [5.41, 5.74) is 5.35. The van der Waals surface area contributed by atoms with Crippen molar-refractivity contribution in [2.75, 3.05) is 5.73 Å². The highest BCUT2D eigenvalue weighted by Gasteiger charge is 2.31. The summed E-state index contributed by atoms with van der Waals surface area (Å²) in [4.78, 5) is 24.8. The third-order valence-corrected chi connectivity index (χ3v) is 4.29. The number of anilines is 1. The topological polar surface area (TPSA) is 89.5 Å². The van der Waals surface area contributed by atoms with Gasteiger partial charge in [-0.2, -0.15) is 0 Å². The van der Waals surface area contributed by atoms with Crippen LogP contribution < -0.4 is 5.73 Å². The summed E-state index contributed by atoms with van der Waals surface area (Å²) in [6.07, 6.45) is 2.94. The van der Waals surface area contributed by atoms with Gasteiger partial charge in [-0.15, -0.1) is 0 Å². The average Bonchev–Trinajstić information content (AvgIpc) is 2.40. The van der Waals surface area contributed by atoms with Crippen LogP contribution in [0.25, 0.3) is 0 Å². The fraction of sp³-hybridized carbons (Fsp3) is 0.500. The molecule has 1 saturated heterocycles. The van der Waals surface area contributed by atoms with Gasteiger partial charge < -0.3 is 10.6 Å². The van der Waals surface area contributed by atoms with Crippen LogP contribution in [-0.2, 0) is 0 Å². The summed E-state index contributed by atoms with van der Waals surface area (Å²) in [6.45, 7) is 3.97. The minimum absolute atomic E-state index is 0.0323. The van der Waals surface area contributed by atoms with Gasteiger partial charge in [0.25, 0.3) is 11.6 Å². The highest BCUT2D eigenvalue weighted by Crippen LogP contribution is 2.32. The smallest absolute Gasteiger partial charge is 0.294 e. The van der Waals surface area contributed by atoms with Gasteiger partial charge in [-0.25, -0.2) is 0 Å². The number of amides is 1. The summed E-state index contributed by atoms with van der Waals surface area (Å²) in [6, 6.07) is 2.82. The number of nitrogens with two attached hydrogens (primary N) is 1. The molecular weight excluding hydrogens is 294 g/mol. The molecule has 0 aromatic heterocycles. The Morgan fingerprint density at radius 2 is 1.95 bits per heavy atom. The van der Waals surface area contributed by atoms with Gasteiger partial charge in [-0.1, -0.05) is 11.6 Å². The van der Waals surface area contributed by atoms with Gasteiger partial charge in [-0.3, -0.25) is 14.9 Å². The number of nitro benzene ring substituents is 1. The second kappa shape index (κ2) is 5.89. The molecule has 1 aliphatic heterocycles. The van der Waals surface area contributed by atoms with Crippen molar-refractivity contribution in [2.45, 2.75) is 45.2 Å². The number of halogens is 1. The maximum Gasteiger partial charge on any atom is 0.294 e. The molecule has 2 atom stereocenters. The summed E-state index contributed by atoms with van der Waals surface area (Å²) in [5, 5.41) is 11.0. The van der Waals surface area contributed by atoms with E-state index in [1.165, 1.54) is 12.1 Å². The fourth-order valence-electron chi connectivity index (χ4n) is 2.85. The Bertz CT molecular complexity index is 581.